The van der Waals surface area contributed by atoms with Crippen LogP contribution in [0.25, 0.3) is 0 Å². The Morgan fingerprint density at radius 3 is 2.71 bits per heavy atom. The van der Waals surface area contributed by atoms with E-state index < -0.39 is 0 Å². The van der Waals surface area contributed by atoms with Crippen LogP contribution in [0.3, 0.4) is 0 Å². The Morgan fingerprint density at radius 1 is 1.47 bits per heavy atom. The van der Waals surface area contributed by atoms with Crippen molar-refractivity contribution < 1.29 is 4.79 Å². The molecule has 0 aromatic heterocycles. The standard InChI is InChI=1S/C13H24N2OS/c1-10-5-8-14-11(10)12(16)15-9-13(17-2)6-3-4-7-13/h10-11,14H,3-9H2,1-2H3,(H,15,16). The molecule has 3 nitrogen and oxygen atoms in total. The largest absolute Gasteiger partial charge is 0.353 e. The SMILES string of the molecule is CSC1(CNC(=O)C2NCCC2C)CCCC1. The molecule has 1 amide bonds. The topological polar surface area (TPSA) is 41.1 Å². The molecule has 1 saturated carbocycles. The van der Waals surface area contributed by atoms with Crippen molar-refractivity contribution in [2.24, 2.45) is 5.92 Å². The van der Waals surface area contributed by atoms with Crippen molar-refractivity contribution in [1.29, 1.82) is 0 Å². The fourth-order valence-corrected chi connectivity index (χ4v) is 3.93. The minimum Gasteiger partial charge on any atom is -0.353 e. The average Bonchev–Trinajstić information content (AvgIpc) is 2.95. The lowest BCUT2D eigenvalue weighted by molar-refractivity contribution is -0.123. The lowest BCUT2D eigenvalue weighted by atomic mass is 10.0. The lowest BCUT2D eigenvalue weighted by Gasteiger charge is -2.28. The second-order valence-electron chi connectivity index (χ2n) is 5.51. The van der Waals surface area contributed by atoms with Crippen LogP contribution in [-0.4, -0.2) is 36.0 Å². The Labute approximate surface area is 108 Å². The van der Waals surface area contributed by atoms with Crippen molar-refractivity contribution in [3.05, 3.63) is 0 Å². The third-order valence-corrected chi connectivity index (χ3v) is 5.77. The van der Waals surface area contributed by atoms with E-state index in [-0.39, 0.29) is 11.9 Å². The number of carbonyl (C=O) groups is 1. The quantitative estimate of drug-likeness (QED) is 0.805. The molecule has 2 aliphatic rings. The maximum Gasteiger partial charge on any atom is 0.237 e. The Bertz CT molecular complexity index is 277. The Hall–Kier alpha value is -0.220. The maximum absolute atomic E-state index is 12.1. The zero-order valence-corrected chi connectivity index (χ0v) is 11.7. The molecule has 2 unspecified atom stereocenters. The number of hydrogen-bond donors (Lipinski definition) is 2. The van der Waals surface area contributed by atoms with Gasteiger partial charge < -0.3 is 10.6 Å². The van der Waals surface area contributed by atoms with Crippen LogP contribution in [0.4, 0.5) is 0 Å². The monoisotopic (exact) mass is 256 g/mol. The van der Waals surface area contributed by atoms with Gasteiger partial charge in [-0.05, 0) is 38.0 Å². The van der Waals surface area contributed by atoms with Crippen LogP contribution in [0, 0.1) is 5.92 Å². The zero-order valence-electron chi connectivity index (χ0n) is 10.9. The number of hydrogen-bond acceptors (Lipinski definition) is 3. The molecule has 2 N–H and O–H groups in total. The Morgan fingerprint density at radius 2 is 2.18 bits per heavy atom. The van der Waals surface area contributed by atoms with E-state index in [9.17, 15) is 4.79 Å². The molecule has 0 radical (unpaired) electrons. The van der Waals surface area contributed by atoms with Crippen LogP contribution in [-0.2, 0) is 4.79 Å². The van der Waals surface area contributed by atoms with E-state index >= 15 is 0 Å². The Kier molecular flexibility index (Phi) is 4.36. The molecular weight excluding hydrogens is 232 g/mol. The van der Waals surface area contributed by atoms with E-state index in [1.807, 2.05) is 11.8 Å². The van der Waals surface area contributed by atoms with Crippen molar-refractivity contribution >= 4 is 17.7 Å². The van der Waals surface area contributed by atoms with Crippen LogP contribution >= 0.6 is 11.8 Å². The van der Waals surface area contributed by atoms with Crippen LogP contribution in [0.2, 0.25) is 0 Å². The first-order valence-corrected chi connectivity index (χ1v) is 7.96. The van der Waals surface area contributed by atoms with Gasteiger partial charge in [-0.2, -0.15) is 11.8 Å². The van der Waals surface area contributed by atoms with Gasteiger partial charge in [0, 0.05) is 11.3 Å². The van der Waals surface area contributed by atoms with E-state index in [0.717, 1.165) is 19.5 Å². The minimum atomic E-state index is 0.0373. The number of amides is 1. The molecule has 1 aliphatic carbocycles. The van der Waals surface area contributed by atoms with Crippen molar-refractivity contribution in [2.75, 3.05) is 19.3 Å². The van der Waals surface area contributed by atoms with Crippen LogP contribution in [0.15, 0.2) is 0 Å². The predicted molar refractivity (Wildman–Crippen MR) is 73.3 cm³/mol. The summed E-state index contributed by atoms with van der Waals surface area (Å²) in [6, 6.07) is 0.0373. The molecule has 1 aliphatic heterocycles. The number of nitrogens with one attached hydrogen (secondary N) is 2. The van der Waals surface area contributed by atoms with Gasteiger partial charge in [-0.15, -0.1) is 0 Å². The predicted octanol–water partition coefficient (Wildman–Crippen LogP) is 1.78. The molecule has 4 heteroatoms. The first kappa shape index (κ1) is 13.2. The highest BCUT2D eigenvalue weighted by Gasteiger charge is 2.35. The highest BCUT2D eigenvalue weighted by atomic mass is 32.2. The summed E-state index contributed by atoms with van der Waals surface area (Å²) in [4.78, 5) is 12.1. The highest BCUT2D eigenvalue weighted by molar-refractivity contribution is 8.00. The first-order chi connectivity index (χ1) is 8.17. The lowest BCUT2D eigenvalue weighted by Crippen LogP contribution is -2.47. The number of rotatable bonds is 4. The van der Waals surface area contributed by atoms with E-state index in [0.29, 0.717) is 10.7 Å². The minimum absolute atomic E-state index is 0.0373. The summed E-state index contributed by atoms with van der Waals surface area (Å²) in [6.45, 7) is 3.98. The van der Waals surface area contributed by atoms with Gasteiger partial charge in [0.25, 0.3) is 0 Å². The molecule has 1 heterocycles. The fraction of sp³-hybridized carbons (Fsp3) is 0.923. The third kappa shape index (κ3) is 2.97. The Balaban J connectivity index is 1.82. The molecule has 2 rings (SSSR count). The molecule has 2 fully saturated rings. The molecule has 0 aromatic rings. The molecule has 2 atom stereocenters. The second-order valence-corrected chi connectivity index (χ2v) is 6.78. The number of carbonyl (C=O) groups excluding carboxylic acids is 1. The van der Waals surface area contributed by atoms with Gasteiger partial charge in [-0.25, -0.2) is 0 Å². The molecular formula is C13H24N2OS. The first-order valence-electron chi connectivity index (χ1n) is 6.73. The maximum atomic E-state index is 12.1. The van der Waals surface area contributed by atoms with Crippen molar-refractivity contribution in [3.8, 4) is 0 Å². The van der Waals surface area contributed by atoms with Gasteiger partial charge in [0.2, 0.25) is 5.91 Å². The normalized spacial score (nSPS) is 31.6. The third-order valence-electron chi connectivity index (χ3n) is 4.35. The summed E-state index contributed by atoms with van der Waals surface area (Å²) in [5, 5.41) is 6.46. The zero-order chi connectivity index (χ0) is 12.3. The van der Waals surface area contributed by atoms with E-state index in [2.05, 4.69) is 23.8 Å². The summed E-state index contributed by atoms with van der Waals surface area (Å²) in [6.07, 6.45) is 8.42. The van der Waals surface area contributed by atoms with Gasteiger partial charge in [0.1, 0.15) is 0 Å². The van der Waals surface area contributed by atoms with E-state index in [1.54, 1.807) is 0 Å². The van der Waals surface area contributed by atoms with Crippen LogP contribution < -0.4 is 10.6 Å². The highest BCUT2D eigenvalue weighted by Crippen LogP contribution is 2.39. The molecule has 1 saturated heterocycles. The second kappa shape index (κ2) is 5.61. The van der Waals surface area contributed by atoms with Crippen molar-refractivity contribution in [3.63, 3.8) is 0 Å². The van der Waals surface area contributed by atoms with Crippen LogP contribution in [0.5, 0.6) is 0 Å². The average molecular weight is 256 g/mol. The molecule has 0 aromatic carbocycles. The number of thioether (sulfide) groups is 1. The molecule has 98 valence electrons. The summed E-state index contributed by atoms with van der Waals surface area (Å²) in [7, 11) is 0. The van der Waals surface area contributed by atoms with E-state index in [4.69, 9.17) is 0 Å². The summed E-state index contributed by atoms with van der Waals surface area (Å²) >= 11 is 1.93. The van der Waals surface area contributed by atoms with E-state index in [1.165, 1.54) is 25.7 Å². The summed E-state index contributed by atoms with van der Waals surface area (Å²) in [5.41, 5.74) is 0. The fourth-order valence-electron chi connectivity index (χ4n) is 3.02. The van der Waals surface area contributed by atoms with Gasteiger partial charge in [-0.3, -0.25) is 4.79 Å². The van der Waals surface area contributed by atoms with Crippen molar-refractivity contribution in [2.45, 2.75) is 49.8 Å². The summed E-state index contributed by atoms with van der Waals surface area (Å²) < 4.78 is 0.317. The van der Waals surface area contributed by atoms with Crippen LogP contribution in [0.1, 0.15) is 39.0 Å². The van der Waals surface area contributed by atoms with Gasteiger partial charge >= 0.3 is 0 Å². The molecule has 17 heavy (non-hydrogen) atoms. The molecule has 0 spiro atoms. The molecule has 0 bridgehead atoms. The van der Waals surface area contributed by atoms with Gasteiger partial charge in [0.15, 0.2) is 0 Å². The smallest absolute Gasteiger partial charge is 0.237 e. The van der Waals surface area contributed by atoms with Gasteiger partial charge in [-0.1, -0.05) is 19.8 Å². The van der Waals surface area contributed by atoms with Gasteiger partial charge in [0.05, 0.1) is 6.04 Å². The van der Waals surface area contributed by atoms with Crippen molar-refractivity contribution in [1.82, 2.24) is 10.6 Å². The summed E-state index contributed by atoms with van der Waals surface area (Å²) in [5.74, 6) is 0.680.